The second-order valence-electron chi connectivity index (χ2n) is 7.33. The Morgan fingerprint density at radius 3 is 2.31 bits per heavy atom. The Balaban J connectivity index is 2.73. The quantitative estimate of drug-likeness (QED) is 0.451. The van der Waals surface area contributed by atoms with Gasteiger partial charge in [0.25, 0.3) is 0 Å². The molecule has 0 unspecified atom stereocenters. The molecule has 2 aromatic rings. The van der Waals surface area contributed by atoms with E-state index < -0.39 is 10.1 Å². The lowest BCUT2D eigenvalue weighted by molar-refractivity contribution is 0.103. The van der Waals surface area contributed by atoms with Crippen LogP contribution in [0, 0.1) is 13.8 Å². The van der Waals surface area contributed by atoms with E-state index in [0.29, 0.717) is 29.2 Å². The van der Waals surface area contributed by atoms with Gasteiger partial charge in [0, 0.05) is 17.1 Å². The molecule has 158 valence electrons. The van der Waals surface area contributed by atoms with Gasteiger partial charge in [0.15, 0.2) is 0 Å². The molecule has 29 heavy (non-hydrogen) atoms. The van der Waals surface area contributed by atoms with Gasteiger partial charge in [-0.3, -0.25) is 4.79 Å². The average Bonchev–Trinajstić information content (AvgIpc) is 2.88. The highest BCUT2D eigenvalue weighted by Crippen LogP contribution is 2.34. The molecule has 2 rings (SSSR count). The number of hydrogen-bond acceptors (Lipinski definition) is 5. The molecule has 6 nitrogen and oxygen atoms in total. The monoisotopic (exact) mass is 438 g/mol. The molecule has 0 aliphatic carbocycles. The van der Waals surface area contributed by atoms with Gasteiger partial charge in [0.2, 0.25) is 11.7 Å². The summed E-state index contributed by atoms with van der Waals surface area (Å²) in [6.07, 6.45) is 1.66. The normalized spacial score (nSPS) is 11.4. The summed E-state index contributed by atoms with van der Waals surface area (Å²) >= 11 is 6.42. The molecule has 8 heteroatoms. The second-order valence-corrected chi connectivity index (χ2v) is 9.31. The summed E-state index contributed by atoms with van der Waals surface area (Å²) < 4.78 is 30.2. The molecule has 0 N–H and O–H groups in total. The van der Waals surface area contributed by atoms with Crippen LogP contribution in [0.15, 0.2) is 17.7 Å². The minimum absolute atomic E-state index is 0.0494. The zero-order valence-corrected chi connectivity index (χ0v) is 19.5. The average molecular weight is 439 g/mol. The Labute approximate surface area is 177 Å². The van der Waals surface area contributed by atoms with Crippen LogP contribution in [0.25, 0.3) is 5.57 Å². The minimum atomic E-state index is -3.83. The fraction of sp³-hybridized carbons (Fsp3) is 0.429. The lowest BCUT2D eigenvalue weighted by atomic mass is 9.91. The standard InChI is InChI=1S/C21H27ClN2O4S/c1-8-11-24-21(28-29(7,26)27)19(15(6)23-24)20(25)16-9-10-17(22)18(14(16)5)13(4)12(2)3/h9-10H,8,11H2,1-7H3. The van der Waals surface area contributed by atoms with E-state index in [1.54, 1.807) is 19.1 Å². The van der Waals surface area contributed by atoms with E-state index in [4.69, 9.17) is 15.8 Å². The molecule has 0 radical (unpaired) electrons. The lowest BCUT2D eigenvalue weighted by Gasteiger charge is -2.15. The van der Waals surface area contributed by atoms with Gasteiger partial charge in [-0.2, -0.15) is 13.5 Å². The summed E-state index contributed by atoms with van der Waals surface area (Å²) in [4.78, 5) is 13.5. The molecule has 0 bridgehead atoms. The molecule has 0 aliphatic rings. The van der Waals surface area contributed by atoms with Crippen LogP contribution < -0.4 is 4.18 Å². The molecule has 0 saturated heterocycles. The first-order valence-corrected chi connectivity index (χ1v) is 11.5. The van der Waals surface area contributed by atoms with Crippen molar-refractivity contribution in [3.05, 3.63) is 50.7 Å². The van der Waals surface area contributed by atoms with E-state index in [1.807, 2.05) is 34.6 Å². The maximum Gasteiger partial charge on any atom is 0.307 e. The number of allylic oxidation sites excluding steroid dienone is 2. The first-order valence-electron chi connectivity index (χ1n) is 9.34. The fourth-order valence-corrected chi connectivity index (χ4v) is 3.99. The number of halogens is 1. The van der Waals surface area contributed by atoms with E-state index in [2.05, 4.69) is 5.10 Å². The van der Waals surface area contributed by atoms with Gasteiger partial charge >= 0.3 is 10.1 Å². The number of carbonyl (C=O) groups is 1. The number of nitrogens with zero attached hydrogens (tertiary/aromatic N) is 2. The Morgan fingerprint density at radius 1 is 1.17 bits per heavy atom. The number of ketones is 1. The molecule has 0 saturated carbocycles. The molecule has 1 heterocycles. The molecule has 0 atom stereocenters. The number of carbonyl (C=O) groups excluding carboxylic acids is 1. The predicted octanol–water partition coefficient (Wildman–Crippen LogP) is 4.95. The number of aromatic nitrogens is 2. The summed E-state index contributed by atoms with van der Waals surface area (Å²) in [6, 6.07) is 3.34. The Bertz CT molecular complexity index is 1090. The SMILES string of the molecule is CCCn1nc(C)c(C(=O)c2ccc(Cl)c(C(C)=C(C)C)c2C)c1OS(C)(=O)=O. The number of rotatable bonds is 7. The molecular formula is C21H27ClN2O4S. The third kappa shape index (κ3) is 4.90. The largest absolute Gasteiger partial charge is 0.361 e. The van der Waals surface area contributed by atoms with Crippen LogP contribution in [0.1, 0.15) is 66.9 Å². The lowest BCUT2D eigenvalue weighted by Crippen LogP contribution is -2.14. The van der Waals surface area contributed by atoms with Crippen LogP contribution >= 0.6 is 11.6 Å². The second kappa shape index (κ2) is 8.71. The highest BCUT2D eigenvalue weighted by Gasteiger charge is 2.28. The van der Waals surface area contributed by atoms with Crippen molar-refractivity contribution in [2.75, 3.05) is 6.26 Å². The van der Waals surface area contributed by atoms with Crippen LogP contribution in [-0.2, 0) is 16.7 Å². The van der Waals surface area contributed by atoms with E-state index in [-0.39, 0.29) is 17.2 Å². The molecule has 0 fully saturated rings. The van der Waals surface area contributed by atoms with Crippen LogP contribution in [0.2, 0.25) is 5.02 Å². The van der Waals surface area contributed by atoms with Crippen molar-refractivity contribution in [3.8, 4) is 5.88 Å². The van der Waals surface area contributed by atoms with Crippen molar-refractivity contribution in [2.45, 2.75) is 54.5 Å². The third-order valence-electron chi connectivity index (χ3n) is 4.76. The number of hydrogen-bond donors (Lipinski definition) is 0. The van der Waals surface area contributed by atoms with Crippen molar-refractivity contribution in [1.29, 1.82) is 0 Å². The third-order valence-corrected chi connectivity index (χ3v) is 5.53. The van der Waals surface area contributed by atoms with Crippen molar-refractivity contribution in [2.24, 2.45) is 0 Å². The predicted molar refractivity (Wildman–Crippen MR) is 116 cm³/mol. The zero-order chi connectivity index (χ0) is 22.1. The number of aryl methyl sites for hydroxylation is 2. The topological polar surface area (TPSA) is 78.3 Å². The summed E-state index contributed by atoms with van der Waals surface area (Å²) in [5.74, 6) is -0.396. The maximum atomic E-state index is 13.5. The Kier molecular flexibility index (Phi) is 6.96. The van der Waals surface area contributed by atoms with Crippen molar-refractivity contribution in [1.82, 2.24) is 9.78 Å². The van der Waals surface area contributed by atoms with E-state index in [9.17, 15) is 13.2 Å². The van der Waals surface area contributed by atoms with Crippen molar-refractivity contribution in [3.63, 3.8) is 0 Å². The van der Waals surface area contributed by atoms with E-state index >= 15 is 0 Å². The maximum absolute atomic E-state index is 13.5. The molecule has 0 amide bonds. The van der Waals surface area contributed by atoms with Crippen molar-refractivity contribution >= 4 is 33.1 Å². The van der Waals surface area contributed by atoms with E-state index in [1.165, 1.54) is 4.68 Å². The van der Waals surface area contributed by atoms with Crippen LogP contribution in [0.4, 0.5) is 0 Å². The summed E-state index contributed by atoms with van der Waals surface area (Å²) in [6.45, 7) is 11.8. The molecule has 1 aromatic carbocycles. The van der Waals surface area contributed by atoms with Crippen molar-refractivity contribution < 1.29 is 17.4 Å². The fourth-order valence-electron chi connectivity index (χ4n) is 3.18. The highest BCUT2D eigenvalue weighted by atomic mass is 35.5. The van der Waals surface area contributed by atoms with Crippen LogP contribution in [0.5, 0.6) is 5.88 Å². The van der Waals surface area contributed by atoms with Gasteiger partial charge in [-0.1, -0.05) is 24.1 Å². The van der Waals surface area contributed by atoms with Gasteiger partial charge in [-0.25, -0.2) is 4.68 Å². The summed E-state index contributed by atoms with van der Waals surface area (Å²) in [5, 5.41) is 4.89. The first kappa shape index (κ1) is 23.2. The van der Waals surface area contributed by atoms with Gasteiger partial charge in [0.05, 0.1) is 11.9 Å². The zero-order valence-electron chi connectivity index (χ0n) is 17.9. The molecule has 0 spiro atoms. The molecule has 0 aliphatic heterocycles. The number of benzene rings is 1. The van der Waals surface area contributed by atoms with Gasteiger partial charge in [-0.05, 0) is 69.9 Å². The highest BCUT2D eigenvalue weighted by molar-refractivity contribution is 7.86. The molecular weight excluding hydrogens is 412 g/mol. The van der Waals surface area contributed by atoms with Gasteiger partial charge in [-0.15, -0.1) is 0 Å². The smallest absolute Gasteiger partial charge is 0.307 e. The van der Waals surface area contributed by atoms with E-state index in [0.717, 1.165) is 28.5 Å². The molecule has 1 aromatic heterocycles. The van der Waals surface area contributed by atoms with Crippen LogP contribution in [0.3, 0.4) is 0 Å². The summed E-state index contributed by atoms with van der Waals surface area (Å²) in [7, 11) is -3.83. The summed E-state index contributed by atoms with van der Waals surface area (Å²) in [5.41, 5.74) is 4.62. The van der Waals surface area contributed by atoms with Gasteiger partial charge < -0.3 is 4.18 Å². The first-order chi connectivity index (χ1) is 13.4. The minimum Gasteiger partial charge on any atom is -0.361 e. The van der Waals surface area contributed by atoms with Crippen LogP contribution in [-0.4, -0.2) is 30.2 Å². The van der Waals surface area contributed by atoms with Gasteiger partial charge in [0.1, 0.15) is 5.56 Å². The Morgan fingerprint density at radius 2 is 1.79 bits per heavy atom. The Hall–Kier alpha value is -2.12.